The fraction of sp³-hybridized carbons (Fsp3) is 0.276. The summed E-state index contributed by atoms with van der Waals surface area (Å²) in [6.45, 7) is 6.04. The van der Waals surface area contributed by atoms with Gasteiger partial charge in [0.1, 0.15) is 5.66 Å². The van der Waals surface area contributed by atoms with E-state index in [0.29, 0.717) is 0 Å². The molecule has 1 amide bonds. The fourth-order valence-corrected chi connectivity index (χ4v) is 6.54. The molecule has 6 rings (SSSR count). The highest BCUT2D eigenvalue weighted by molar-refractivity contribution is 5.88. The van der Waals surface area contributed by atoms with Gasteiger partial charge < -0.3 is 9.88 Å². The average molecular weight is 421 g/mol. The zero-order valence-electron chi connectivity index (χ0n) is 18.9. The summed E-state index contributed by atoms with van der Waals surface area (Å²) in [5.74, 6) is 0.489. The zero-order chi connectivity index (χ0) is 22.0. The van der Waals surface area contributed by atoms with E-state index in [9.17, 15) is 4.79 Å². The van der Waals surface area contributed by atoms with Crippen LogP contribution in [0.4, 0.5) is 0 Å². The van der Waals surface area contributed by atoms with E-state index in [4.69, 9.17) is 0 Å². The van der Waals surface area contributed by atoms with Crippen LogP contribution in [0.1, 0.15) is 52.8 Å². The van der Waals surface area contributed by atoms with Crippen LogP contribution >= 0.6 is 0 Å². The first-order valence-electron chi connectivity index (χ1n) is 11.6. The van der Waals surface area contributed by atoms with Crippen molar-refractivity contribution in [1.29, 1.82) is 0 Å². The first kappa shape index (κ1) is 19.4. The van der Waals surface area contributed by atoms with Crippen molar-refractivity contribution in [2.24, 2.45) is 5.92 Å². The summed E-state index contributed by atoms with van der Waals surface area (Å²) in [5.41, 5.74) is 8.45. The van der Waals surface area contributed by atoms with Gasteiger partial charge >= 0.3 is 0 Å². The van der Waals surface area contributed by atoms with Crippen LogP contribution in [-0.2, 0) is 16.9 Å². The van der Waals surface area contributed by atoms with Crippen LogP contribution < -0.4 is 5.32 Å². The van der Waals surface area contributed by atoms with Gasteiger partial charge in [0.2, 0.25) is 5.91 Å². The van der Waals surface area contributed by atoms with Crippen LogP contribution in [0.25, 0.3) is 10.9 Å². The highest BCUT2D eigenvalue weighted by atomic mass is 16.1. The highest BCUT2D eigenvalue weighted by Gasteiger charge is 2.57. The fourth-order valence-electron chi connectivity index (χ4n) is 6.54. The Morgan fingerprint density at radius 3 is 2.47 bits per heavy atom. The molecule has 0 saturated carbocycles. The highest BCUT2D eigenvalue weighted by Crippen LogP contribution is 2.58. The molecular formula is C29H28N2O. The van der Waals surface area contributed by atoms with E-state index in [0.717, 1.165) is 12.8 Å². The number of aromatic nitrogens is 1. The van der Waals surface area contributed by atoms with E-state index < -0.39 is 5.66 Å². The third-order valence-electron chi connectivity index (χ3n) is 7.72. The van der Waals surface area contributed by atoms with Crippen LogP contribution in [0.2, 0.25) is 0 Å². The smallest absolute Gasteiger partial charge is 0.218 e. The number of fused-ring (bicyclic) bond motifs is 7. The number of carbonyl (C=O) groups is 1. The molecular weight excluding hydrogens is 392 g/mol. The number of carbonyl (C=O) groups excluding carboxylic acids is 1. The van der Waals surface area contributed by atoms with Crippen molar-refractivity contribution < 1.29 is 4.79 Å². The zero-order valence-corrected chi connectivity index (χ0v) is 18.9. The van der Waals surface area contributed by atoms with Crippen LogP contribution in [0.15, 0.2) is 72.8 Å². The normalized spacial score (nSPS) is 23.5. The lowest BCUT2D eigenvalue weighted by atomic mass is 9.68. The number of hydrogen-bond donors (Lipinski definition) is 1. The predicted molar refractivity (Wildman–Crippen MR) is 129 cm³/mol. The minimum Gasteiger partial charge on any atom is -0.329 e. The molecule has 3 nitrogen and oxygen atoms in total. The van der Waals surface area contributed by atoms with E-state index in [2.05, 4.69) is 96.5 Å². The summed E-state index contributed by atoms with van der Waals surface area (Å²) >= 11 is 0. The molecule has 0 fully saturated rings. The van der Waals surface area contributed by atoms with Gasteiger partial charge in [-0.05, 0) is 49.4 Å². The number of hydrogen-bond acceptors (Lipinski definition) is 1. The first-order valence-corrected chi connectivity index (χ1v) is 11.6. The van der Waals surface area contributed by atoms with Crippen molar-refractivity contribution in [2.75, 3.05) is 0 Å². The maximum atomic E-state index is 12.8. The van der Waals surface area contributed by atoms with Crippen molar-refractivity contribution in [3.63, 3.8) is 0 Å². The largest absolute Gasteiger partial charge is 0.329 e. The molecule has 0 radical (unpaired) electrons. The average Bonchev–Trinajstić information content (AvgIpc) is 3.25. The second kappa shape index (κ2) is 6.83. The quantitative estimate of drug-likeness (QED) is 0.437. The van der Waals surface area contributed by atoms with Gasteiger partial charge in [0.25, 0.3) is 0 Å². The standard InChI is InChI=1S/C29H28N2O/c1-18-12-14-22(15-13-18)27-25-17-16-21-8-4-6-10-24(21)29(25,30-20(3)32)31-26-11-7-5-9-23(26)19(2)28(27)31/h4-15,25,27H,16-17H2,1-3H3,(H,30,32)/t25-,27-,29-/m0/s1. The van der Waals surface area contributed by atoms with Gasteiger partial charge in [0, 0.05) is 35.4 Å². The number of rotatable bonds is 2. The molecule has 0 unspecified atom stereocenters. The maximum absolute atomic E-state index is 12.8. The number of amides is 1. The van der Waals surface area contributed by atoms with Crippen LogP contribution in [0.3, 0.4) is 0 Å². The molecule has 0 spiro atoms. The maximum Gasteiger partial charge on any atom is 0.218 e. The molecule has 1 aromatic heterocycles. The molecule has 1 aliphatic heterocycles. The number of nitrogens with zero attached hydrogens (tertiary/aromatic N) is 1. The molecule has 2 aliphatic rings. The SMILES string of the molecule is CC(=O)N[C@]12c3ccccc3CC[C@H]1[C@H](c1ccc(C)cc1)c1c(C)c3ccccc3n12. The monoisotopic (exact) mass is 420 g/mol. The molecule has 3 heteroatoms. The van der Waals surface area contributed by atoms with Crippen molar-refractivity contribution in [3.05, 3.63) is 106 Å². The second-order valence-electron chi connectivity index (χ2n) is 9.50. The van der Waals surface area contributed by atoms with E-state index in [1.807, 2.05) is 0 Å². The summed E-state index contributed by atoms with van der Waals surface area (Å²) in [6, 6.07) is 26.3. The molecule has 160 valence electrons. The topological polar surface area (TPSA) is 34.0 Å². The second-order valence-corrected chi connectivity index (χ2v) is 9.50. The predicted octanol–water partition coefficient (Wildman–Crippen LogP) is 5.80. The number of aryl methyl sites for hydroxylation is 3. The van der Waals surface area contributed by atoms with E-state index >= 15 is 0 Å². The van der Waals surface area contributed by atoms with Crippen molar-refractivity contribution in [1.82, 2.24) is 9.88 Å². The molecule has 4 aromatic rings. The lowest BCUT2D eigenvalue weighted by Crippen LogP contribution is -2.55. The van der Waals surface area contributed by atoms with E-state index in [1.54, 1.807) is 6.92 Å². The van der Waals surface area contributed by atoms with Crippen LogP contribution in [0.5, 0.6) is 0 Å². The molecule has 1 aliphatic carbocycles. The summed E-state index contributed by atoms with van der Waals surface area (Å²) in [7, 11) is 0. The molecule has 3 aromatic carbocycles. The van der Waals surface area contributed by atoms with Gasteiger partial charge in [-0.15, -0.1) is 0 Å². The summed E-state index contributed by atoms with van der Waals surface area (Å²) in [4.78, 5) is 12.8. The molecule has 32 heavy (non-hydrogen) atoms. The third-order valence-corrected chi connectivity index (χ3v) is 7.72. The molecule has 0 bridgehead atoms. The minimum absolute atomic E-state index is 0.0117. The Morgan fingerprint density at radius 1 is 0.969 bits per heavy atom. The molecule has 2 heterocycles. The summed E-state index contributed by atoms with van der Waals surface area (Å²) in [5, 5.41) is 4.78. The van der Waals surface area contributed by atoms with Crippen LogP contribution in [0, 0.1) is 19.8 Å². The van der Waals surface area contributed by atoms with Crippen molar-refractivity contribution >= 4 is 16.8 Å². The molecule has 3 atom stereocenters. The van der Waals surface area contributed by atoms with Crippen LogP contribution in [-0.4, -0.2) is 10.5 Å². The van der Waals surface area contributed by atoms with Crippen molar-refractivity contribution in [3.8, 4) is 0 Å². The third kappa shape index (κ3) is 2.45. The number of nitrogens with one attached hydrogen (secondary N) is 1. The van der Waals surface area contributed by atoms with Gasteiger partial charge in [-0.3, -0.25) is 4.79 Å². The van der Waals surface area contributed by atoms with E-state index in [1.165, 1.54) is 44.4 Å². The number of benzene rings is 3. The Morgan fingerprint density at radius 2 is 1.69 bits per heavy atom. The Kier molecular flexibility index (Phi) is 4.13. The van der Waals surface area contributed by atoms with Gasteiger partial charge in [-0.25, -0.2) is 0 Å². The summed E-state index contributed by atoms with van der Waals surface area (Å²) in [6.07, 6.45) is 2.07. The molecule has 1 N–H and O–H groups in total. The Bertz CT molecular complexity index is 1360. The van der Waals surface area contributed by atoms with Gasteiger partial charge in [-0.1, -0.05) is 72.3 Å². The van der Waals surface area contributed by atoms with E-state index in [-0.39, 0.29) is 17.7 Å². The van der Waals surface area contributed by atoms with Crippen molar-refractivity contribution in [2.45, 2.75) is 45.2 Å². The minimum atomic E-state index is -0.584. The van der Waals surface area contributed by atoms with Gasteiger partial charge in [0.05, 0.1) is 5.52 Å². The Labute approximate surface area is 189 Å². The molecule has 0 saturated heterocycles. The Balaban J connectivity index is 1.75. The lowest BCUT2D eigenvalue weighted by Gasteiger charge is -2.44. The van der Waals surface area contributed by atoms with Gasteiger partial charge in [0.15, 0.2) is 0 Å². The van der Waals surface area contributed by atoms with Gasteiger partial charge in [-0.2, -0.15) is 0 Å². The first-order chi connectivity index (χ1) is 15.5. The summed E-state index contributed by atoms with van der Waals surface area (Å²) < 4.78 is 2.48. The lowest BCUT2D eigenvalue weighted by molar-refractivity contribution is -0.122. The number of para-hydroxylation sites is 1. The Hall–Kier alpha value is -3.33.